The maximum atomic E-state index is 12.2. The summed E-state index contributed by atoms with van der Waals surface area (Å²) in [5.41, 5.74) is 0. The summed E-state index contributed by atoms with van der Waals surface area (Å²) in [4.78, 5) is 4.29. The van der Waals surface area contributed by atoms with E-state index in [0.717, 1.165) is 18.1 Å². The lowest BCUT2D eigenvalue weighted by molar-refractivity contribution is 0.208. The van der Waals surface area contributed by atoms with Crippen molar-refractivity contribution in [2.45, 2.75) is 6.92 Å². The Morgan fingerprint density at radius 2 is 2.05 bits per heavy atom. The maximum absolute atomic E-state index is 12.2. The molecule has 0 aromatic carbocycles. The third kappa shape index (κ3) is 7.35. The summed E-state index contributed by atoms with van der Waals surface area (Å²) >= 11 is 1.80. The zero-order valence-corrected chi connectivity index (χ0v) is 14.4. The number of methoxy groups -OCH3 is 1. The highest BCUT2D eigenvalue weighted by atomic mass is 32.2. The molecule has 1 heterocycles. The average molecular weight is 338 g/mol. The number of nitrogens with one attached hydrogen (secondary N) is 2. The largest absolute Gasteiger partial charge is 0.383 e. The number of thioether (sulfide) groups is 1. The van der Waals surface area contributed by atoms with Crippen LogP contribution < -0.4 is 10.6 Å². The van der Waals surface area contributed by atoms with E-state index in [1.54, 1.807) is 23.2 Å². The van der Waals surface area contributed by atoms with Gasteiger partial charge in [-0.05, 0) is 6.92 Å². The molecule has 7 nitrogen and oxygen atoms in total. The first-order chi connectivity index (χ1) is 10.1. The van der Waals surface area contributed by atoms with Gasteiger partial charge in [-0.25, -0.2) is 12.7 Å². The van der Waals surface area contributed by atoms with Crippen molar-refractivity contribution in [2.24, 2.45) is 4.99 Å². The molecule has 0 unspecified atom stereocenters. The Hall–Kier alpha value is -0.510. The molecule has 124 valence electrons. The third-order valence-electron chi connectivity index (χ3n) is 2.93. The highest BCUT2D eigenvalue weighted by Crippen LogP contribution is 2.12. The van der Waals surface area contributed by atoms with Crippen molar-refractivity contribution in [3.05, 3.63) is 0 Å². The number of hydrogen-bond acceptors (Lipinski definition) is 5. The van der Waals surface area contributed by atoms with Gasteiger partial charge in [0.1, 0.15) is 0 Å². The fourth-order valence-corrected chi connectivity index (χ4v) is 4.33. The fourth-order valence-electron chi connectivity index (χ4n) is 1.84. The van der Waals surface area contributed by atoms with Crippen molar-refractivity contribution in [1.82, 2.24) is 14.9 Å². The fraction of sp³-hybridized carbons (Fsp3) is 0.917. The summed E-state index contributed by atoms with van der Waals surface area (Å²) in [5, 5.41) is 6.13. The van der Waals surface area contributed by atoms with E-state index in [0.29, 0.717) is 38.7 Å². The van der Waals surface area contributed by atoms with Gasteiger partial charge in [-0.15, -0.1) is 0 Å². The second-order valence-electron chi connectivity index (χ2n) is 4.51. The molecule has 1 fully saturated rings. The number of nitrogens with zero attached hydrogens (tertiary/aromatic N) is 2. The first-order valence-electron chi connectivity index (χ1n) is 7.17. The van der Waals surface area contributed by atoms with Gasteiger partial charge < -0.3 is 15.4 Å². The summed E-state index contributed by atoms with van der Waals surface area (Å²) in [7, 11) is -1.54. The molecule has 1 aliphatic rings. The van der Waals surface area contributed by atoms with E-state index in [4.69, 9.17) is 4.74 Å². The number of hydrogen-bond donors (Lipinski definition) is 2. The van der Waals surface area contributed by atoms with Gasteiger partial charge in [0.15, 0.2) is 5.96 Å². The predicted octanol–water partition coefficient (Wildman–Crippen LogP) is -0.433. The second kappa shape index (κ2) is 10.3. The van der Waals surface area contributed by atoms with E-state index in [2.05, 4.69) is 15.6 Å². The number of ether oxygens (including phenoxy) is 1. The quantitative estimate of drug-likeness (QED) is 0.355. The summed E-state index contributed by atoms with van der Waals surface area (Å²) in [6.45, 7) is 5.38. The van der Waals surface area contributed by atoms with Crippen LogP contribution >= 0.6 is 11.8 Å². The standard InChI is InChI=1S/C12H26N4O3S2/c1-3-13-12(14-4-8-19-2)15-5-11-21(17,18)16-6-9-20-10-7-16/h3-11H2,1-2H3,(H2,13,14,15). The molecule has 1 saturated heterocycles. The van der Waals surface area contributed by atoms with Crippen molar-refractivity contribution < 1.29 is 13.2 Å². The lowest BCUT2D eigenvalue weighted by Crippen LogP contribution is -2.44. The molecule has 0 saturated carbocycles. The molecular formula is C12H26N4O3S2. The average Bonchev–Trinajstić information content (AvgIpc) is 2.48. The second-order valence-corrected chi connectivity index (χ2v) is 7.82. The Morgan fingerprint density at radius 3 is 2.67 bits per heavy atom. The van der Waals surface area contributed by atoms with Crippen LogP contribution in [0.4, 0.5) is 0 Å². The molecule has 1 rings (SSSR count). The van der Waals surface area contributed by atoms with Crippen LogP contribution in [0.25, 0.3) is 0 Å². The van der Waals surface area contributed by atoms with Crippen LogP contribution in [0.3, 0.4) is 0 Å². The molecule has 21 heavy (non-hydrogen) atoms. The van der Waals surface area contributed by atoms with Gasteiger partial charge in [-0.3, -0.25) is 4.99 Å². The monoisotopic (exact) mass is 338 g/mol. The zero-order chi connectivity index (χ0) is 15.6. The van der Waals surface area contributed by atoms with E-state index < -0.39 is 10.0 Å². The lowest BCUT2D eigenvalue weighted by atomic mass is 10.6. The summed E-state index contributed by atoms with van der Waals surface area (Å²) in [6, 6.07) is 0. The molecule has 0 amide bonds. The van der Waals surface area contributed by atoms with Gasteiger partial charge in [0.2, 0.25) is 10.0 Å². The Bertz CT molecular complexity index is 409. The summed E-state index contributed by atoms with van der Waals surface area (Å²) < 4.78 is 30.9. The molecule has 0 aromatic rings. The Balaban J connectivity index is 2.39. The minimum atomic E-state index is -3.17. The Labute approximate surface area is 132 Å². The van der Waals surface area contributed by atoms with Crippen LogP contribution in [-0.2, 0) is 14.8 Å². The minimum Gasteiger partial charge on any atom is -0.383 e. The smallest absolute Gasteiger partial charge is 0.215 e. The van der Waals surface area contributed by atoms with Gasteiger partial charge >= 0.3 is 0 Å². The van der Waals surface area contributed by atoms with E-state index >= 15 is 0 Å². The molecule has 2 N–H and O–H groups in total. The number of sulfonamides is 1. The van der Waals surface area contributed by atoms with E-state index in [9.17, 15) is 8.42 Å². The van der Waals surface area contributed by atoms with Crippen LogP contribution in [0.2, 0.25) is 0 Å². The molecule has 9 heteroatoms. The van der Waals surface area contributed by atoms with E-state index in [-0.39, 0.29) is 5.75 Å². The van der Waals surface area contributed by atoms with Gasteiger partial charge in [-0.1, -0.05) is 0 Å². The van der Waals surface area contributed by atoms with Crippen LogP contribution in [0.15, 0.2) is 4.99 Å². The molecule has 1 aliphatic heterocycles. The first kappa shape index (κ1) is 18.5. The van der Waals surface area contributed by atoms with Crippen LogP contribution in [0.5, 0.6) is 0 Å². The van der Waals surface area contributed by atoms with Crippen molar-refractivity contribution in [3.63, 3.8) is 0 Å². The van der Waals surface area contributed by atoms with Gasteiger partial charge in [0.05, 0.1) is 18.9 Å². The van der Waals surface area contributed by atoms with Crippen LogP contribution in [0.1, 0.15) is 6.92 Å². The van der Waals surface area contributed by atoms with Crippen molar-refractivity contribution in [1.29, 1.82) is 0 Å². The number of aliphatic imine (C=N–C) groups is 1. The van der Waals surface area contributed by atoms with Gasteiger partial charge in [0, 0.05) is 44.8 Å². The summed E-state index contributed by atoms with van der Waals surface area (Å²) in [6.07, 6.45) is 0. The molecule has 0 aliphatic carbocycles. The van der Waals surface area contributed by atoms with Gasteiger partial charge in [-0.2, -0.15) is 11.8 Å². The molecule has 0 aromatic heterocycles. The first-order valence-corrected chi connectivity index (χ1v) is 9.93. The predicted molar refractivity (Wildman–Crippen MR) is 88.5 cm³/mol. The highest BCUT2D eigenvalue weighted by molar-refractivity contribution is 7.99. The van der Waals surface area contributed by atoms with Crippen molar-refractivity contribution in [2.75, 3.05) is 63.7 Å². The van der Waals surface area contributed by atoms with Gasteiger partial charge in [0.25, 0.3) is 0 Å². The Kier molecular flexibility index (Phi) is 9.05. The molecule has 0 spiro atoms. The number of rotatable bonds is 8. The third-order valence-corrected chi connectivity index (χ3v) is 5.74. The Morgan fingerprint density at radius 1 is 1.33 bits per heavy atom. The van der Waals surface area contributed by atoms with E-state index in [1.807, 2.05) is 6.92 Å². The SMILES string of the molecule is CCNC(=NCCOC)NCCS(=O)(=O)N1CCSCC1. The highest BCUT2D eigenvalue weighted by Gasteiger charge is 2.23. The van der Waals surface area contributed by atoms with Crippen molar-refractivity contribution >= 4 is 27.7 Å². The minimum absolute atomic E-state index is 0.0896. The topological polar surface area (TPSA) is 83.0 Å². The van der Waals surface area contributed by atoms with Crippen molar-refractivity contribution in [3.8, 4) is 0 Å². The zero-order valence-electron chi connectivity index (χ0n) is 12.8. The molecule has 0 bridgehead atoms. The normalized spacial score (nSPS) is 17.7. The summed E-state index contributed by atoms with van der Waals surface area (Å²) in [5.74, 6) is 2.48. The molecule has 0 radical (unpaired) electrons. The van der Waals surface area contributed by atoms with E-state index in [1.165, 1.54) is 0 Å². The molecular weight excluding hydrogens is 312 g/mol. The van der Waals surface area contributed by atoms with Crippen LogP contribution in [-0.4, -0.2) is 82.4 Å². The lowest BCUT2D eigenvalue weighted by Gasteiger charge is -2.25. The molecule has 0 atom stereocenters. The maximum Gasteiger partial charge on any atom is 0.215 e. The number of guanidine groups is 1. The van der Waals surface area contributed by atoms with Crippen LogP contribution in [0, 0.1) is 0 Å².